The summed E-state index contributed by atoms with van der Waals surface area (Å²) in [6.45, 7) is 2.64. The Balaban J connectivity index is 1.92. The van der Waals surface area contributed by atoms with E-state index in [1.165, 1.54) is 4.88 Å². The lowest BCUT2D eigenvalue weighted by molar-refractivity contribution is 0.278. The molecule has 1 aromatic heterocycles. The minimum atomic E-state index is 0.00569. The molecule has 1 heterocycles. The highest BCUT2D eigenvalue weighted by Crippen LogP contribution is 2.23. The van der Waals surface area contributed by atoms with Gasteiger partial charge in [-0.2, -0.15) is 0 Å². The van der Waals surface area contributed by atoms with Gasteiger partial charge in [-0.3, -0.25) is 0 Å². The smallest absolute Gasteiger partial charge is 0.119 e. The summed E-state index contributed by atoms with van der Waals surface area (Å²) >= 11 is 5.03. The molecule has 3 nitrogen and oxygen atoms in total. The van der Waals surface area contributed by atoms with Crippen LogP contribution in [0.5, 0.6) is 5.75 Å². The first kappa shape index (κ1) is 13.5. The van der Waals surface area contributed by atoms with Crippen LogP contribution in [0.2, 0.25) is 0 Å². The van der Waals surface area contributed by atoms with Crippen LogP contribution in [0.25, 0.3) is 0 Å². The highest BCUT2D eigenvalue weighted by Gasteiger charge is 2.04. The predicted octanol–water partition coefficient (Wildman–Crippen LogP) is 3.33. The molecule has 1 aromatic carbocycles. The Hall–Kier alpha value is -0.910. The molecule has 0 aliphatic rings. The van der Waals surface area contributed by atoms with Crippen LogP contribution in [0.3, 0.4) is 0 Å². The molecule has 0 saturated carbocycles. The molecule has 2 aromatic rings. The molecule has 0 spiro atoms. The zero-order chi connectivity index (χ0) is 13.0. The van der Waals surface area contributed by atoms with E-state index in [0.29, 0.717) is 6.61 Å². The third-order valence-corrected chi connectivity index (χ3v) is 4.40. The number of benzene rings is 1. The van der Waals surface area contributed by atoms with Crippen molar-refractivity contribution >= 4 is 27.3 Å². The van der Waals surface area contributed by atoms with E-state index in [9.17, 15) is 0 Å². The van der Waals surface area contributed by atoms with Gasteiger partial charge in [-0.1, -0.05) is 15.9 Å². The van der Waals surface area contributed by atoms with Crippen LogP contribution in [0.1, 0.15) is 16.1 Å². The average molecular weight is 328 g/mol. The van der Waals surface area contributed by atoms with Crippen LogP contribution >= 0.6 is 27.3 Å². The van der Waals surface area contributed by atoms with Gasteiger partial charge in [0.2, 0.25) is 0 Å². The lowest BCUT2D eigenvalue weighted by Gasteiger charge is -2.08. The molecular formula is C13H14BrNO2S. The largest absolute Gasteiger partial charge is 0.493 e. The number of ether oxygens (including phenoxy) is 1. The zero-order valence-corrected chi connectivity index (χ0v) is 12.4. The molecular weight excluding hydrogens is 314 g/mol. The fraction of sp³-hybridized carbons (Fsp3) is 0.308. The normalized spacial score (nSPS) is 10.6. The van der Waals surface area contributed by atoms with Crippen LogP contribution in [-0.4, -0.2) is 16.7 Å². The van der Waals surface area contributed by atoms with Crippen LogP contribution in [0.15, 0.2) is 28.2 Å². The zero-order valence-electron chi connectivity index (χ0n) is 10.0. The summed E-state index contributed by atoms with van der Waals surface area (Å²) < 4.78 is 6.58. The SMILES string of the molecule is Cc1ncsc1CCOc1ccc(Br)c(CO)c1. The summed E-state index contributed by atoms with van der Waals surface area (Å²) in [7, 11) is 0. The quantitative estimate of drug-likeness (QED) is 0.915. The van der Waals surface area contributed by atoms with Gasteiger partial charge in [0.1, 0.15) is 5.75 Å². The third-order valence-electron chi connectivity index (χ3n) is 2.63. The number of aliphatic hydroxyl groups excluding tert-OH is 1. The van der Waals surface area contributed by atoms with E-state index in [4.69, 9.17) is 9.84 Å². The van der Waals surface area contributed by atoms with Gasteiger partial charge in [0.25, 0.3) is 0 Å². The predicted molar refractivity (Wildman–Crippen MR) is 76.1 cm³/mol. The molecule has 0 unspecified atom stereocenters. The van der Waals surface area contributed by atoms with E-state index in [1.807, 2.05) is 30.6 Å². The van der Waals surface area contributed by atoms with E-state index in [1.54, 1.807) is 11.3 Å². The van der Waals surface area contributed by atoms with Crippen molar-refractivity contribution in [2.24, 2.45) is 0 Å². The maximum absolute atomic E-state index is 9.16. The summed E-state index contributed by atoms with van der Waals surface area (Å²) in [4.78, 5) is 5.46. The van der Waals surface area contributed by atoms with Crippen molar-refractivity contribution in [3.8, 4) is 5.75 Å². The van der Waals surface area contributed by atoms with Gasteiger partial charge in [0, 0.05) is 15.8 Å². The second-order valence-electron chi connectivity index (χ2n) is 3.87. The van der Waals surface area contributed by atoms with Crippen molar-refractivity contribution < 1.29 is 9.84 Å². The topological polar surface area (TPSA) is 42.4 Å². The van der Waals surface area contributed by atoms with Crippen LogP contribution < -0.4 is 4.74 Å². The Morgan fingerprint density at radius 2 is 2.28 bits per heavy atom. The van der Waals surface area contributed by atoms with Gasteiger partial charge in [-0.05, 0) is 30.7 Å². The monoisotopic (exact) mass is 327 g/mol. The molecule has 5 heteroatoms. The Labute approximate surface area is 119 Å². The molecule has 0 aliphatic carbocycles. The van der Waals surface area contributed by atoms with Crippen molar-refractivity contribution in [1.29, 1.82) is 0 Å². The van der Waals surface area contributed by atoms with Gasteiger partial charge in [-0.15, -0.1) is 11.3 Å². The molecule has 0 bridgehead atoms. The number of hydrogen-bond acceptors (Lipinski definition) is 4. The van der Waals surface area contributed by atoms with Gasteiger partial charge < -0.3 is 9.84 Å². The number of aliphatic hydroxyl groups is 1. The molecule has 18 heavy (non-hydrogen) atoms. The van der Waals surface area contributed by atoms with E-state index >= 15 is 0 Å². The number of hydrogen-bond donors (Lipinski definition) is 1. The van der Waals surface area contributed by atoms with Crippen molar-refractivity contribution in [2.75, 3.05) is 6.61 Å². The molecule has 0 aliphatic heterocycles. The fourth-order valence-corrected chi connectivity index (χ4v) is 2.72. The van der Waals surface area contributed by atoms with Crippen molar-refractivity contribution in [3.05, 3.63) is 44.3 Å². The summed E-state index contributed by atoms with van der Waals surface area (Å²) in [6, 6.07) is 5.63. The minimum absolute atomic E-state index is 0.00569. The highest BCUT2D eigenvalue weighted by atomic mass is 79.9. The molecule has 0 atom stereocenters. The first-order valence-electron chi connectivity index (χ1n) is 5.61. The molecule has 0 fully saturated rings. The number of aromatic nitrogens is 1. The van der Waals surface area contributed by atoms with Crippen molar-refractivity contribution in [2.45, 2.75) is 20.0 Å². The highest BCUT2D eigenvalue weighted by molar-refractivity contribution is 9.10. The number of rotatable bonds is 5. The lowest BCUT2D eigenvalue weighted by atomic mass is 10.2. The van der Waals surface area contributed by atoms with Gasteiger partial charge in [-0.25, -0.2) is 4.98 Å². The van der Waals surface area contributed by atoms with Gasteiger partial charge in [0.15, 0.2) is 0 Å². The Bertz CT molecular complexity index is 527. The summed E-state index contributed by atoms with van der Waals surface area (Å²) in [5.74, 6) is 0.782. The fourth-order valence-electron chi connectivity index (χ4n) is 1.59. The molecule has 1 N–H and O–H groups in total. The Kier molecular flexibility index (Phi) is 4.74. The maximum atomic E-state index is 9.16. The van der Waals surface area contributed by atoms with E-state index in [-0.39, 0.29) is 6.61 Å². The molecule has 2 rings (SSSR count). The van der Waals surface area contributed by atoms with Crippen LogP contribution in [0, 0.1) is 6.92 Å². The summed E-state index contributed by atoms with van der Waals surface area (Å²) in [6.07, 6.45) is 0.862. The first-order chi connectivity index (χ1) is 8.70. The van der Waals surface area contributed by atoms with Gasteiger partial charge in [0.05, 0.1) is 24.4 Å². The van der Waals surface area contributed by atoms with Crippen LogP contribution in [0.4, 0.5) is 0 Å². The van der Waals surface area contributed by atoms with Crippen LogP contribution in [-0.2, 0) is 13.0 Å². The Morgan fingerprint density at radius 3 is 2.94 bits per heavy atom. The molecule has 0 saturated heterocycles. The Morgan fingerprint density at radius 1 is 1.44 bits per heavy atom. The number of aryl methyl sites for hydroxylation is 1. The molecule has 0 amide bonds. The van der Waals surface area contributed by atoms with E-state index in [2.05, 4.69) is 20.9 Å². The second-order valence-corrected chi connectivity index (χ2v) is 5.66. The van der Waals surface area contributed by atoms with Crippen molar-refractivity contribution in [1.82, 2.24) is 4.98 Å². The number of halogens is 1. The number of nitrogens with zero attached hydrogens (tertiary/aromatic N) is 1. The van der Waals surface area contributed by atoms with E-state index < -0.39 is 0 Å². The molecule has 0 radical (unpaired) electrons. The lowest BCUT2D eigenvalue weighted by Crippen LogP contribution is -2.01. The number of thiazole rings is 1. The van der Waals surface area contributed by atoms with Crippen molar-refractivity contribution in [3.63, 3.8) is 0 Å². The van der Waals surface area contributed by atoms with E-state index in [0.717, 1.165) is 27.9 Å². The van der Waals surface area contributed by atoms with Gasteiger partial charge >= 0.3 is 0 Å². The summed E-state index contributed by atoms with van der Waals surface area (Å²) in [5, 5.41) is 9.16. The average Bonchev–Trinajstić information content (AvgIpc) is 2.77. The summed E-state index contributed by atoms with van der Waals surface area (Å²) in [5.41, 5.74) is 3.77. The standard InChI is InChI=1S/C13H14BrNO2S/c1-9-13(18-8-15-9)4-5-17-11-2-3-12(14)10(6-11)7-16/h2-3,6,8,16H,4-5,7H2,1H3. The minimum Gasteiger partial charge on any atom is -0.493 e. The third kappa shape index (κ3) is 3.31. The first-order valence-corrected chi connectivity index (χ1v) is 7.29. The maximum Gasteiger partial charge on any atom is 0.119 e. The second kappa shape index (κ2) is 6.31. The molecule has 96 valence electrons.